The third-order valence-electron chi connectivity index (χ3n) is 3.84. The van der Waals surface area contributed by atoms with Crippen LogP contribution in [0.3, 0.4) is 0 Å². The van der Waals surface area contributed by atoms with Crippen molar-refractivity contribution >= 4 is 0 Å². The Morgan fingerprint density at radius 1 is 1.20 bits per heavy atom. The van der Waals surface area contributed by atoms with Crippen LogP contribution in [-0.4, -0.2) is 55.7 Å². The molecule has 2 rings (SSSR count). The molecule has 20 heavy (non-hydrogen) atoms. The number of rotatable bonds is 5. The van der Waals surface area contributed by atoms with E-state index in [1.165, 1.54) is 5.56 Å². The third-order valence-corrected chi connectivity index (χ3v) is 3.84. The number of nitriles is 1. The lowest BCUT2D eigenvalue weighted by Crippen LogP contribution is -2.50. The Bertz CT molecular complexity index is 444. The van der Waals surface area contributed by atoms with Crippen molar-refractivity contribution in [2.24, 2.45) is 0 Å². The fraction of sp³-hybridized carbons (Fsp3) is 0.562. The van der Waals surface area contributed by atoms with Gasteiger partial charge in [-0.3, -0.25) is 4.90 Å². The van der Waals surface area contributed by atoms with Crippen LogP contribution in [0.4, 0.5) is 0 Å². The summed E-state index contributed by atoms with van der Waals surface area (Å²) in [5.74, 6) is 0.882. The Hall–Kier alpha value is -1.57. The summed E-state index contributed by atoms with van der Waals surface area (Å²) in [4.78, 5) is 4.69. The third kappa shape index (κ3) is 4.22. The van der Waals surface area contributed by atoms with Crippen LogP contribution in [-0.2, 0) is 0 Å². The normalized spacial score (nSPS) is 18.4. The van der Waals surface area contributed by atoms with Gasteiger partial charge in [-0.1, -0.05) is 17.7 Å². The molecule has 0 N–H and O–H groups in total. The molecular weight excluding hydrogens is 250 g/mol. The molecule has 1 heterocycles. The molecule has 0 radical (unpaired) electrons. The molecule has 1 saturated heterocycles. The summed E-state index contributed by atoms with van der Waals surface area (Å²) < 4.78 is 5.85. The molecule has 0 spiro atoms. The Morgan fingerprint density at radius 2 is 1.85 bits per heavy atom. The molecule has 1 fully saturated rings. The number of benzene rings is 1. The fourth-order valence-corrected chi connectivity index (χ4v) is 2.41. The molecule has 4 nitrogen and oxygen atoms in total. The standard InChI is InChI=1S/C16H23N3O/c1-14-3-5-16(6-4-14)20-13-15(7-8-17)19-11-9-18(2)10-12-19/h3-6,15H,7,9-13H2,1-2H3. The van der Waals surface area contributed by atoms with Crippen LogP contribution in [0, 0.1) is 18.3 Å². The van der Waals surface area contributed by atoms with Crippen molar-refractivity contribution in [3.05, 3.63) is 29.8 Å². The van der Waals surface area contributed by atoms with Crippen LogP contribution in [0.5, 0.6) is 5.75 Å². The Morgan fingerprint density at radius 3 is 2.45 bits per heavy atom. The summed E-state index contributed by atoms with van der Waals surface area (Å²) in [6, 6.07) is 10.5. The highest BCUT2D eigenvalue weighted by atomic mass is 16.5. The molecule has 0 saturated carbocycles. The van der Waals surface area contributed by atoms with Gasteiger partial charge in [0.15, 0.2) is 0 Å². The minimum Gasteiger partial charge on any atom is -0.492 e. The highest BCUT2D eigenvalue weighted by Gasteiger charge is 2.22. The zero-order valence-corrected chi connectivity index (χ0v) is 12.4. The van der Waals surface area contributed by atoms with Gasteiger partial charge in [0.05, 0.1) is 18.5 Å². The van der Waals surface area contributed by atoms with Crippen molar-refractivity contribution in [1.29, 1.82) is 5.26 Å². The molecule has 4 heteroatoms. The molecule has 1 unspecified atom stereocenters. The minimum atomic E-state index is 0.190. The van der Waals surface area contributed by atoms with Crippen molar-refractivity contribution in [2.45, 2.75) is 19.4 Å². The fourth-order valence-electron chi connectivity index (χ4n) is 2.41. The summed E-state index contributed by atoms with van der Waals surface area (Å²) >= 11 is 0. The summed E-state index contributed by atoms with van der Waals surface area (Å²) in [7, 11) is 2.14. The average molecular weight is 273 g/mol. The molecule has 0 aliphatic carbocycles. The Labute approximate surface area is 121 Å². The summed E-state index contributed by atoms with van der Waals surface area (Å²) in [6.07, 6.45) is 0.523. The van der Waals surface area contributed by atoms with Crippen molar-refractivity contribution in [1.82, 2.24) is 9.80 Å². The number of aryl methyl sites for hydroxylation is 1. The SMILES string of the molecule is Cc1ccc(OCC(CC#N)N2CCN(C)CC2)cc1. The van der Waals surface area contributed by atoms with E-state index in [2.05, 4.69) is 29.8 Å². The first-order chi connectivity index (χ1) is 9.69. The predicted molar refractivity (Wildman–Crippen MR) is 79.8 cm³/mol. The second-order valence-electron chi connectivity index (χ2n) is 5.48. The summed E-state index contributed by atoms with van der Waals surface area (Å²) in [6.45, 7) is 6.80. The van der Waals surface area contributed by atoms with Crippen molar-refractivity contribution < 1.29 is 4.74 Å². The van der Waals surface area contributed by atoms with Gasteiger partial charge >= 0.3 is 0 Å². The van der Waals surface area contributed by atoms with Gasteiger partial charge in [-0.15, -0.1) is 0 Å². The maximum atomic E-state index is 9.01. The Balaban J connectivity index is 1.89. The van der Waals surface area contributed by atoms with E-state index in [4.69, 9.17) is 10.00 Å². The molecule has 108 valence electrons. The highest BCUT2D eigenvalue weighted by Crippen LogP contribution is 2.14. The number of hydrogen-bond acceptors (Lipinski definition) is 4. The molecule has 0 bridgehead atoms. The van der Waals surface area contributed by atoms with E-state index >= 15 is 0 Å². The minimum absolute atomic E-state index is 0.190. The first-order valence-corrected chi connectivity index (χ1v) is 7.18. The van der Waals surface area contributed by atoms with Crippen LogP contribution in [0.25, 0.3) is 0 Å². The average Bonchev–Trinajstić information content (AvgIpc) is 2.46. The molecule has 1 aromatic carbocycles. The second-order valence-corrected chi connectivity index (χ2v) is 5.48. The van der Waals surface area contributed by atoms with Crippen LogP contribution >= 0.6 is 0 Å². The van der Waals surface area contributed by atoms with Crippen molar-refractivity contribution in [2.75, 3.05) is 39.8 Å². The van der Waals surface area contributed by atoms with Gasteiger partial charge in [0, 0.05) is 26.2 Å². The molecule has 1 aromatic rings. The largest absolute Gasteiger partial charge is 0.492 e. The number of hydrogen-bond donors (Lipinski definition) is 0. The molecular formula is C16H23N3O. The lowest BCUT2D eigenvalue weighted by Gasteiger charge is -2.36. The zero-order valence-electron chi connectivity index (χ0n) is 12.4. The van der Waals surface area contributed by atoms with Crippen LogP contribution in [0.1, 0.15) is 12.0 Å². The predicted octanol–water partition coefficient (Wildman–Crippen LogP) is 1.90. The van der Waals surface area contributed by atoms with Crippen LogP contribution in [0.15, 0.2) is 24.3 Å². The van der Waals surface area contributed by atoms with Crippen molar-refractivity contribution in [3.8, 4) is 11.8 Å². The number of nitrogens with zero attached hydrogens (tertiary/aromatic N) is 3. The van der Waals surface area contributed by atoms with Crippen LogP contribution < -0.4 is 4.74 Å². The van der Waals surface area contributed by atoms with Gasteiger partial charge in [-0.25, -0.2) is 0 Å². The Kier molecular flexibility index (Phi) is 5.40. The maximum Gasteiger partial charge on any atom is 0.119 e. The van der Waals surface area contributed by atoms with Gasteiger partial charge in [0.2, 0.25) is 0 Å². The van der Waals surface area contributed by atoms with E-state index in [0.29, 0.717) is 13.0 Å². The molecule has 0 amide bonds. The quantitative estimate of drug-likeness (QED) is 0.821. The second kappa shape index (κ2) is 7.28. The van der Waals surface area contributed by atoms with Crippen LogP contribution in [0.2, 0.25) is 0 Å². The molecule has 1 aliphatic rings. The first-order valence-electron chi connectivity index (χ1n) is 7.18. The topological polar surface area (TPSA) is 39.5 Å². The van der Waals surface area contributed by atoms with E-state index in [1.807, 2.05) is 24.3 Å². The van der Waals surface area contributed by atoms with E-state index in [1.54, 1.807) is 0 Å². The summed E-state index contributed by atoms with van der Waals surface area (Å²) in [5.41, 5.74) is 1.23. The van der Waals surface area contributed by atoms with Gasteiger partial charge in [-0.2, -0.15) is 5.26 Å². The smallest absolute Gasteiger partial charge is 0.119 e. The molecule has 0 aromatic heterocycles. The van der Waals surface area contributed by atoms with E-state index in [9.17, 15) is 0 Å². The van der Waals surface area contributed by atoms with Crippen molar-refractivity contribution in [3.63, 3.8) is 0 Å². The summed E-state index contributed by atoms with van der Waals surface area (Å²) in [5, 5.41) is 9.01. The zero-order chi connectivity index (χ0) is 14.4. The van der Waals surface area contributed by atoms with E-state index in [0.717, 1.165) is 31.9 Å². The first kappa shape index (κ1) is 14.8. The van der Waals surface area contributed by atoms with Gasteiger partial charge in [0.25, 0.3) is 0 Å². The number of piperazine rings is 1. The number of likely N-dealkylation sites (N-methyl/N-ethyl adjacent to an activating group) is 1. The van der Waals surface area contributed by atoms with E-state index < -0.39 is 0 Å². The lowest BCUT2D eigenvalue weighted by atomic mass is 10.1. The van der Waals surface area contributed by atoms with Gasteiger partial charge in [-0.05, 0) is 26.1 Å². The monoisotopic (exact) mass is 273 g/mol. The van der Waals surface area contributed by atoms with Gasteiger partial charge < -0.3 is 9.64 Å². The molecule has 1 atom stereocenters. The maximum absolute atomic E-state index is 9.01. The van der Waals surface area contributed by atoms with E-state index in [-0.39, 0.29) is 6.04 Å². The molecule has 1 aliphatic heterocycles. The number of ether oxygens (including phenoxy) is 1. The van der Waals surface area contributed by atoms with Gasteiger partial charge in [0.1, 0.15) is 12.4 Å². The highest BCUT2D eigenvalue weighted by molar-refractivity contribution is 5.26. The lowest BCUT2D eigenvalue weighted by molar-refractivity contribution is 0.0838.